The standard InChI is InChI=1S/C20H22N4O2S/c1-2-3-15-27(25,26)24-18-11-9-17(10-12-18)22-19-13-14-21-20(23-19)16-7-5-4-6-8-16/h4-14,24H,2-3,15H2,1H3,(H,21,22,23). The average molecular weight is 382 g/mol. The molecule has 140 valence electrons. The van der Waals surface area contributed by atoms with Gasteiger partial charge in [-0.05, 0) is 36.8 Å². The number of sulfonamides is 1. The van der Waals surface area contributed by atoms with Gasteiger partial charge in [0.15, 0.2) is 5.82 Å². The van der Waals surface area contributed by atoms with Gasteiger partial charge in [0.1, 0.15) is 5.82 Å². The van der Waals surface area contributed by atoms with E-state index in [2.05, 4.69) is 20.0 Å². The minimum absolute atomic E-state index is 0.132. The number of aromatic nitrogens is 2. The van der Waals surface area contributed by atoms with E-state index in [0.29, 0.717) is 23.8 Å². The number of rotatable bonds is 8. The fourth-order valence-electron chi connectivity index (χ4n) is 2.49. The van der Waals surface area contributed by atoms with Crippen LogP contribution in [-0.2, 0) is 10.0 Å². The molecule has 0 unspecified atom stereocenters. The number of nitrogens with zero attached hydrogens (tertiary/aromatic N) is 2. The minimum Gasteiger partial charge on any atom is -0.340 e. The van der Waals surface area contributed by atoms with E-state index < -0.39 is 10.0 Å². The molecule has 0 aliphatic carbocycles. The third-order valence-corrected chi connectivity index (χ3v) is 5.26. The molecular weight excluding hydrogens is 360 g/mol. The molecule has 0 bridgehead atoms. The molecule has 7 heteroatoms. The van der Waals surface area contributed by atoms with E-state index in [1.807, 2.05) is 49.4 Å². The summed E-state index contributed by atoms with van der Waals surface area (Å²) in [5, 5.41) is 3.21. The highest BCUT2D eigenvalue weighted by Crippen LogP contribution is 2.21. The highest BCUT2D eigenvalue weighted by atomic mass is 32.2. The van der Waals surface area contributed by atoms with Gasteiger partial charge in [-0.15, -0.1) is 0 Å². The van der Waals surface area contributed by atoms with Gasteiger partial charge in [-0.1, -0.05) is 43.7 Å². The van der Waals surface area contributed by atoms with Gasteiger partial charge in [0.2, 0.25) is 10.0 Å². The van der Waals surface area contributed by atoms with Gasteiger partial charge in [0.05, 0.1) is 5.75 Å². The molecule has 1 heterocycles. The van der Waals surface area contributed by atoms with E-state index in [1.165, 1.54) is 0 Å². The van der Waals surface area contributed by atoms with Crippen molar-refractivity contribution in [2.75, 3.05) is 15.8 Å². The smallest absolute Gasteiger partial charge is 0.232 e. The molecule has 3 aromatic rings. The lowest BCUT2D eigenvalue weighted by molar-refractivity contribution is 0.598. The molecule has 1 aromatic heterocycles. The first-order chi connectivity index (χ1) is 13.1. The lowest BCUT2D eigenvalue weighted by Crippen LogP contribution is -2.16. The van der Waals surface area contributed by atoms with Crippen molar-refractivity contribution in [1.29, 1.82) is 0 Å². The van der Waals surface area contributed by atoms with E-state index in [9.17, 15) is 8.42 Å². The molecule has 2 N–H and O–H groups in total. The summed E-state index contributed by atoms with van der Waals surface area (Å²) in [4.78, 5) is 8.82. The first-order valence-electron chi connectivity index (χ1n) is 8.82. The Morgan fingerprint density at radius 2 is 1.63 bits per heavy atom. The summed E-state index contributed by atoms with van der Waals surface area (Å²) in [6.45, 7) is 1.96. The number of unbranched alkanes of at least 4 members (excludes halogenated alkanes) is 1. The van der Waals surface area contributed by atoms with Gasteiger partial charge < -0.3 is 5.32 Å². The lowest BCUT2D eigenvalue weighted by Gasteiger charge is -2.10. The van der Waals surface area contributed by atoms with E-state index in [1.54, 1.807) is 24.4 Å². The topological polar surface area (TPSA) is 84.0 Å². The Morgan fingerprint density at radius 1 is 0.926 bits per heavy atom. The Labute approximate surface area is 159 Å². The van der Waals surface area contributed by atoms with Crippen molar-refractivity contribution in [3.63, 3.8) is 0 Å². The summed E-state index contributed by atoms with van der Waals surface area (Å²) in [6, 6.07) is 18.6. The van der Waals surface area contributed by atoms with Crippen molar-refractivity contribution >= 4 is 27.2 Å². The molecule has 0 spiro atoms. The molecule has 0 radical (unpaired) electrons. The maximum absolute atomic E-state index is 12.0. The molecular formula is C20H22N4O2S. The van der Waals surface area contributed by atoms with Crippen LogP contribution in [0, 0.1) is 0 Å². The highest BCUT2D eigenvalue weighted by Gasteiger charge is 2.09. The maximum atomic E-state index is 12.0. The van der Waals surface area contributed by atoms with Gasteiger partial charge in [-0.25, -0.2) is 18.4 Å². The third-order valence-electron chi connectivity index (χ3n) is 3.88. The number of nitrogens with one attached hydrogen (secondary N) is 2. The number of hydrogen-bond acceptors (Lipinski definition) is 5. The van der Waals surface area contributed by atoms with Crippen LogP contribution in [0.25, 0.3) is 11.4 Å². The zero-order chi connectivity index (χ0) is 19.1. The van der Waals surface area contributed by atoms with Crippen LogP contribution in [0.1, 0.15) is 19.8 Å². The monoisotopic (exact) mass is 382 g/mol. The molecule has 6 nitrogen and oxygen atoms in total. The largest absolute Gasteiger partial charge is 0.340 e. The van der Waals surface area contributed by atoms with Crippen LogP contribution < -0.4 is 10.0 Å². The predicted octanol–water partition coefficient (Wildman–Crippen LogP) is 4.43. The zero-order valence-electron chi connectivity index (χ0n) is 15.1. The van der Waals surface area contributed by atoms with E-state index >= 15 is 0 Å². The third kappa shape index (κ3) is 5.52. The molecule has 2 aromatic carbocycles. The van der Waals surface area contributed by atoms with E-state index in [4.69, 9.17) is 0 Å². The zero-order valence-corrected chi connectivity index (χ0v) is 15.9. The minimum atomic E-state index is -3.30. The van der Waals surface area contributed by atoms with Crippen LogP contribution in [-0.4, -0.2) is 24.1 Å². The Morgan fingerprint density at radius 3 is 2.33 bits per heavy atom. The van der Waals surface area contributed by atoms with Crippen LogP contribution in [0.3, 0.4) is 0 Å². The Bertz CT molecular complexity index is 974. The molecule has 0 saturated heterocycles. The van der Waals surface area contributed by atoms with E-state index in [-0.39, 0.29) is 5.75 Å². The summed E-state index contributed by atoms with van der Waals surface area (Å²) >= 11 is 0. The number of hydrogen-bond donors (Lipinski definition) is 2. The van der Waals surface area contributed by atoms with Gasteiger partial charge in [-0.2, -0.15) is 0 Å². The molecule has 0 atom stereocenters. The second-order valence-corrected chi connectivity index (χ2v) is 7.95. The molecule has 0 saturated carbocycles. The molecule has 0 fully saturated rings. The number of anilines is 3. The van der Waals surface area contributed by atoms with Crippen molar-refractivity contribution < 1.29 is 8.42 Å². The molecule has 27 heavy (non-hydrogen) atoms. The second-order valence-electron chi connectivity index (χ2n) is 6.11. The van der Waals surface area contributed by atoms with Crippen LogP contribution in [0.15, 0.2) is 66.9 Å². The van der Waals surface area contributed by atoms with Crippen molar-refractivity contribution in [3.8, 4) is 11.4 Å². The van der Waals surface area contributed by atoms with Gasteiger partial charge in [-0.3, -0.25) is 4.72 Å². The predicted molar refractivity (Wildman–Crippen MR) is 110 cm³/mol. The van der Waals surface area contributed by atoms with Crippen molar-refractivity contribution in [2.45, 2.75) is 19.8 Å². The Balaban J connectivity index is 1.68. The SMILES string of the molecule is CCCCS(=O)(=O)Nc1ccc(Nc2ccnc(-c3ccccc3)n2)cc1. The molecule has 3 rings (SSSR count). The van der Waals surface area contributed by atoms with Crippen molar-refractivity contribution in [3.05, 3.63) is 66.9 Å². The van der Waals surface area contributed by atoms with Gasteiger partial charge in [0, 0.05) is 23.1 Å². The first-order valence-corrected chi connectivity index (χ1v) is 10.5. The fraction of sp³-hybridized carbons (Fsp3) is 0.200. The normalized spacial score (nSPS) is 11.1. The first kappa shape index (κ1) is 18.8. The Kier molecular flexibility index (Phi) is 6.03. The van der Waals surface area contributed by atoms with Crippen molar-refractivity contribution in [2.24, 2.45) is 0 Å². The summed E-state index contributed by atoms with van der Waals surface area (Å²) in [7, 11) is -3.30. The van der Waals surface area contributed by atoms with Crippen LogP contribution >= 0.6 is 0 Å². The summed E-state index contributed by atoms with van der Waals surface area (Å²) in [5.74, 6) is 1.44. The summed E-state index contributed by atoms with van der Waals surface area (Å²) < 4.78 is 26.5. The molecule has 0 aliphatic rings. The quantitative estimate of drug-likeness (QED) is 0.602. The van der Waals surface area contributed by atoms with Gasteiger partial charge in [0.25, 0.3) is 0 Å². The number of benzene rings is 2. The average Bonchev–Trinajstić information content (AvgIpc) is 2.69. The van der Waals surface area contributed by atoms with Gasteiger partial charge >= 0.3 is 0 Å². The summed E-state index contributed by atoms with van der Waals surface area (Å²) in [6.07, 6.45) is 3.19. The highest BCUT2D eigenvalue weighted by molar-refractivity contribution is 7.92. The molecule has 0 amide bonds. The van der Waals surface area contributed by atoms with Crippen molar-refractivity contribution in [1.82, 2.24) is 9.97 Å². The van der Waals surface area contributed by atoms with E-state index in [0.717, 1.165) is 17.7 Å². The van der Waals surface area contributed by atoms with Crippen LogP contribution in [0.4, 0.5) is 17.2 Å². The second kappa shape index (κ2) is 8.64. The van der Waals surface area contributed by atoms with Crippen LogP contribution in [0.5, 0.6) is 0 Å². The maximum Gasteiger partial charge on any atom is 0.232 e. The summed E-state index contributed by atoms with van der Waals surface area (Å²) in [5.41, 5.74) is 2.30. The Hall–Kier alpha value is -2.93. The fourth-order valence-corrected chi connectivity index (χ4v) is 3.76. The van der Waals surface area contributed by atoms with Crippen LogP contribution in [0.2, 0.25) is 0 Å². The lowest BCUT2D eigenvalue weighted by atomic mass is 10.2. The molecule has 0 aliphatic heterocycles.